The summed E-state index contributed by atoms with van der Waals surface area (Å²) < 4.78 is 23.2. The molecule has 0 fully saturated rings. The lowest BCUT2D eigenvalue weighted by Crippen LogP contribution is -2.30. The summed E-state index contributed by atoms with van der Waals surface area (Å²) in [5.41, 5.74) is 1.30. The molecule has 1 aromatic carbocycles. The van der Waals surface area contributed by atoms with E-state index in [4.69, 9.17) is 0 Å². The molecule has 0 saturated heterocycles. The minimum atomic E-state index is -3.02. The quantitative estimate of drug-likeness (QED) is 0.808. The number of carbonyl (C=O) groups is 1. The van der Waals surface area contributed by atoms with Crippen molar-refractivity contribution in [2.45, 2.75) is 39.8 Å². The first kappa shape index (κ1) is 17.5. The van der Waals surface area contributed by atoms with Gasteiger partial charge in [-0.05, 0) is 39.0 Å². The summed E-state index contributed by atoms with van der Waals surface area (Å²) in [5.74, 6) is 0.0735. The Morgan fingerprint density at radius 1 is 1.24 bits per heavy atom. The van der Waals surface area contributed by atoms with Crippen LogP contribution >= 0.6 is 0 Å². The third kappa shape index (κ3) is 6.16. The van der Waals surface area contributed by atoms with E-state index >= 15 is 0 Å². The van der Waals surface area contributed by atoms with Crippen molar-refractivity contribution < 1.29 is 13.2 Å². The average molecular weight is 312 g/mol. The second-order valence-electron chi connectivity index (χ2n) is 5.45. The molecule has 0 spiro atoms. The first-order chi connectivity index (χ1) is 9.73. The molecule has 2 N–H and O–H groups in total. The highest BCUT2D eigenvalue weighted by molar-refractivity contribution is 7.91. The second-order valence-corrected chi connectivity index (χ2v) is 7.85. The van der Waals surface area contributed by atoms with Gasteiger partial charge in [0, 0.05) is 29.1 Å². The molecule has 6 heteroatoms. The van der Waals surface area contributed by atoms with Crippen LogP contribution in [-0.2, 0) is 9.84 Å². The number of benzene rings is 1. The van der Waals surface area contributed by atoms with E-state index in [1.807, 2.05) is 26.8 Å². The minimum absolute atomic E-state index is 0.0720. The van der Waals surface area contributed by atoms with Crippen molar-refractivity contribution in [3.8, 4) is 0 Å². The molecule has 1 rings (SSSR count). The summed E-state index contributed by atoms with van der Waals surface area (Å²) >= 11 is 0. The summed E-state index contributed by atoms with van der Waals surface area (Å²) in [6.07, 6.45) is 0. The normalized spacial score (nSPS) is 13.0. The molecule has 1 unspecified atom stereocenters. The van der Waals surface area contributed by atoms with Gasteiger partial charge in [-0.25, -0.2) is 8.42 Å². The number of rotatable bonds is 7. The third-order valence-electron chi connectivity index (χ3n) is 2.90. The monoisotopic (exact) mass is 312 g/mol. The Kier molecular flexibility index (Phi) is 6.20. The summed E-state index contributed by atoms with van der Waals surface area (Å²) in [5, 5.41) is 5.95. The van der Waals surface area contributed by atoms with E-state index < -0.39 is 9.84 Å². The van der Waals surface area contributed by atoms with Gasteiger partial charge in [0.15, 0.2) is 9.84 Å². The van der Waals surface area contributed by atoms with Gasteiger partial charge in [-0.15, -0.1) is 0 Å². The molecule has 0 radical (unpaired) electrons. The van der Waals surface area contributed by atoms with E-state index in [0.29, 0.717) is 5.56 Å². The van der Waals surface area contributed by atoms with Crippen molar-refractivity contribution in [1.29, 1.82) is 0 Å². The molecule has 118 valence electrons. The van der Waals surface area contributed by atoms with E-state index in [-0.39, 0.29) is 29.5 Å². The Hall–Kier alpha value is -1.56. The van der Waals surface area contributed by atoms with E-state index in [0.717, 1.165) is 5.69 Å². The maximum absolute atomic E-state index is 11.9. The van der Waals surface area contributed by atoms with Crippen molar-refractivity contribution in [3.05, 3.63) is 29.8 Å². The molecule has 0 heterocycles. The van der Waals surface area contributed by atoms with Crippen molar-refractivity contribution >= 4 is 21.4 Å². The number of sulfone groups is 1. The summed E-state index contributed by atoms with van der Waals surface area (Å²) in [7, 11) is -3.02. The second kappa shape index (κ2) is 7.45. The zero-order valence-corrected chi connectivity index (χ0v) is 13.8. The van der Waals surface area contributed by atoms with Crippen LogP contribution in [0.2, 0.25) is 0 Å². The van der Waals surface area contributed by atoms with Gasteiger partial charge in [-0.2, -0.15) is 0 Å². The molecule has 1 amide bonds. The van der Waals surface area contributed by atoms with Crippen LogP contribution in [-0.4, -0.2) is 37.9 Å². The van der Waals surface area contributed by atoms with Gasteiger partial charge in [0.25, 0.3) is 5.91 Å². The zero-order valence-electron chi connectivity index (χ0n) is 13.0. The fourth-order valence-corrected chi connectivity index (χ4v) is 3.00. The number of amides is 1. The lowest BCUT2D eigenvalue weighted by atomic mass is 10.1. The highest BCUT2D eigenvalue weighted by Crippen LogP contribution is 2.13. The van der Waals surface area contributed by atoms with Crippen LogP contribution in [0.1, 0.15) is 38.1 Å². The molecule has 5 nitrogen and oxygen atoms in total. The van der Waals surface area contributed by atoms with Gasteiger partial charge in [-0.3, -0.25) is 4.79 Å². The predicted molar refractivity (Wildman–Crippen MR) is 86.5 cm³/mol. The fraction of sp³-hybridized carbons (Fsp3) is 0.533. The van der Waals surface area contributed by atoms with Crippen molar-refractivity contribution in [2.24, 2.45) is 0 Å². The van der Waals surface area contributed by atoms with Crippen LogP contribution in [0.25, 0.3) is 0 Å². The number of nitrogens with one attached hydrogen (secondary N) is 2. The molecular formula is C15H24N2O3S. The minimum Gasteiger partial charge on any atom is -0.382 e. The Labute approximate surface area is 127 Å². The topological polar surface area (TPSA) is 75.3 Å². The number of hydrogen-bond donors (Lipinski definition) is 2. The average Bonchev–Trinajstić information content (AvgIpc) is 2.37. The molecule has 1 atom stereocenters. The molecule has 21 heavy (non-hydrogen) atoms. The van der Waals surface area contributed by atoms with Crippen LogP contribution in [0.5, 0.6) is 0 Å². The van der Waals surface area contributed by atoms with Crippen LogP contribution in [0.4, 0.5) is 5.69 Å². The largest absolute Gasteiger partial charge is 0.382 e. The van der Waals surface area contributed by atoms with Gasteiger partial charge < -0.3 is 10.6 Å². The number of anilines is 1. The summed E-state index contributed by atoms with van der Waals surface area (Å²) in [4.78, 5) is 11.9. The van der Waals surface area contributed by atoms with Gasteiger partial charge in [0.2, 0.25) is 0 Å². The Balaban J connectivity index is 2.75. The molecule has 0 aliphatic heterocycles. The third-order valence-corrected chi connectivity index (χ3v) is 4.79. The highest BCUT2D eigenvalue weighted by atomic mass is 32.2. The predicted octanol–water partition coefficient (Wildman–Crippen LogP) is 2.06. The molecular weight excluding hydrogens is 288 g/mol. The van der Waals surface area contributed by atoms with E-state index in [2.05, 4.69) is 10.6 Å². The number of carbonyl (C=O) groups excluding carboxylic acids is 1. The SMILES string of the molecule is CCS(=O)(=O)CC(C)Nc1cccc(C(=O)NC(C)C)c1. The van der Waals surface area contributed by atoms with Crippen molar-refractivity contribution in [3.63, 3.8) is 0 Å². The van der Waals surface area contributed by atoms with Crippen LogP contribution in [0.15, 0.2) is 24.3 Å². The maximum atomic E-state index is 11.9. The first-order valence-corrected chi connectivity index (χ1v) is 8.93. The maximum Gasteiger partial charge on any atom is 0.251 e. The lowest BCUT2D eigenvalue weighted by molar-refractivity contribution is 0.0943. The Morgan fingerprint density at radius 2 is 1.90 bits per heavy atom. The van der Waals surface area contributed by atoms with E-state index in [1.54, 1.807) is 25.1 Å². The number of hydrogen-bond acceptors (Lipinski definition) is 4. The van der Waals surface area contributed by atoms with Crippen molar-refractivity contribution in [1.82, 2.24) is 5.32 Å². The highest BCUT2D eigenvalue weighted by Gasteiger charge is 2.14. The van der Waals surface area contributed by atoms with Gasteiger partial charge in [0.05, 0.1) is 5.75 Å². The molecule has 0 aliphatic rings. The van der Waals surface area contributed by atoms with E-state index in [9.17, 15) is 13.2 Å². The molecule has 1 aromatic rings. The van der Waals surface area contributed by atoms with Crippen LogP contribution in [0.3, 0.4) is 0 Å². The molecule has 0 aliphatic carbocycles. The van der Waals surface area contributed by atoms with Gasteiger partial charge >= 0.3 is 0 Å². The van der Waals surface area contributed by atoms with Crippen LogP contribution < -0.4 is 10.6 Å². The smallest absolute Gasteiger partial charge is 0.251 e. The van der Waals surface area contributed by atoms with Crippen LogP contribution in [0, 0.1) is 0 Å². The standard InChI is InChI=1S/C15H24N2O3S/c1-5-21(19,20)10-12(4)17-14-8-6-7-13(9-14)15(18)16-11(2)3/h6-9,11-12,17H,5,10H2,1-4H3,(H,16,18). The van der Waals surface area contributed by atoms with Crippen molar-refractivity contribution in [2.75, 3.05) is 16.8 Å². The van der Waals surface area contributed by atoms with E-state index in [1.165, 1.54) is 0 Å². The summed E-state index contributed by atoms with van der Waals surface area (Å²) in [6.45, 7) is 7.25. The summed E-state index contributed by atoms with van der Waals surface area (Å²) in [6, 6.07) is 6.92. The Morgan fingerprint density at radius 3 is 2.48 bits per heavy atom. The molecule has 0 aromatic heterocycles. The first-order valence-electron chi connectivity index (χ1n) is 7.11. The zero-order chi connectivity index (χ0) is 16.0. The van der Waals surface area contributed by atoms with Gasteiger partial charge in [-0.1, -0.05) is 13.0 Å². The molecule has 0 saturated carbocycles. The Bertz CT molecular complexity index is 582. The fourth-order valence-electron chi connectivity index (χ4n) is 1.92. The van der Waals surface area contributed by atoms with Gasteiger partial charge in [0.1, 0.15) is 0 Å². The lowest BCUT2D eigenvalue weighted by Gasteiger charge is -2.16. The molecule has 0 bridgehead atoms.